The van der Waals surface area contributed by atoms with Gasteiger partial charge in [0.25, 0.3) is 0 Å². The third kappa shape index (κ3) is 4.78. The molecule has 0 amide bonds. The fraction of sp³-hybridized carbons (Fsp3) is 1.00. The van der Waals surface area contributed by atoms with E-state index in [1.54, 1.807) is 7.11 Å². The lowest BCUT2D eigenvalue weighted by atomic mass is 9.96. The minimum atomic E-state index is -3.31. The van der Waals surface area contributed by atoms with Gasteiger partial charge in [0.1, 0.15) is 0 Å². The molecule has 1 saturated heterocycles. The summed E-state index contributed by atoms with van der Waals surface area (Å²) in [7, 11) is -1.58. The predicted octanol–water partition coefficient (Wildman–Crippen LogP) is 0.0218. The number of hydrogen-bond acceptors (Lipinski definition) is 4. The molecule has 1 rings (SSSR count). The summed E-state index contributed by atoms with van der Waals surface area (Å²) >= 11 is 0. The van der Waals surface area contributed by atoms with E-state index in [1.165, 1.54) is 0 Å². The molecule has 96 valence electrons. The van der Waals surface area contributed by atoms with Crippen molar-refractivity contribution in [3.63, 3.8) is 0 Å². The minimum Gasteiger partial charge on any atom is -0.380 e. The van der Waals surface area contributed by atoms with E-state index in [0.717, 1.165) is 26.1 Å². The first-order valence-corrected chi connectivity index (χ1v) is 7.39. The average Bonchev–Trinajstić information content (AvgIpc) is 2.18. The van der Waals surface area contributed by atoms with Crippen LogP contribution in [-0.2, 0) is 14.8 Å². The van der Waals surface area contributed by atoms with E-state index in [9.17, 15) is 8.42 Å². The number of methoxy groups -OCH3 is 1. The SMILES string of the molecule is COC1CN(CCCS(N)(=O)=O)CCC1C. The van der Waals surface area contributed by atoms with Gasteiger partial charge in [0.15, 0.2) is 0 Å². The highest BCUT2D eigenvalue weighted by Gasteiger charge is 2.25. The van der Waals surface area contributed by atoms with Crippen molar-refractivity contribution in [2.45, 2.75) is 25.9 Å². The van der Waals surface area contributed by atoms with Crippen molar-refractivity contribution < 1.29 is 13.2 Å². The molecule has 0 spiro atoms. The maximum absolute atomic E-state index is 10.8. The molecular formula is C10H22N2O3S. The first-order valence-electron chi connectivity index (χ1n) is 5.68. The molecule has 0 radical (unpaired) electrons. The van der Waals surface area contributed by atoms with Gasteiger partial charge < -0.3 is 9.64 Å². The van der Waals surface area contributed by atoms with Crippen LogP contribution in [0.2, 0.25) is 0 Å². The summed E-state index contributed by atoms with van der Waals surface area (Å²) < 4.78 is 27.0. The predicted molar refractivity (Wildman–Crippen MR) is 63.6 cm³/mol. The molecule has 2 atom stereocenters. The van der Waals surface area contributed by atoms with Crippen LogP contribution >= 0.6 is 0 Å². The van der Waals surface area contributed by atoms with E-state index < -0.39 is 10.0 Å². The molecule has 0 aromatic heterocycles. The molecule has 0 aromatic carbocycles. The Morgan fingerprint density at radius 2 is 2.19 bits per heavy atom. The number of piperidine rings is 1. The van der Waals surface area contributed by atoms with Crippen molar-refractivity contribution >= 4 is 10.0 Å². The lowest BCUT2D eigenvalue weighted by Crippen LogP contribution is -2.44. The summed E-state index contributed by atoms with van der Waals surface area (Å²) in [6.45, 7) is 4.88. The summed E-state index contributed by atoms with van der Waals surface area (Å²) in [5.41, 5.74) is 0. The standard InChI is InChI=1S/C10H22N2O3S/c1-9-4-6-12(8-10(9)15-2)5-3-7-16(11,13)14/h9-10H,3-8H2,1-2H3,(H2,11,13,14). The van der Waals surface area contributed by atoms with Gasteiger partial charge in [0, 0.05) is 13.7 Å². The van der Waals surface area contributed by atoms with Gasteiger partial charge in [0.2, 0.25) is 10.0 Å². The Morgan fingerprint density at radius 3 is 2.75 bits per heavy atom. The van der Waals surface area contributed by atoms with E-state index in [0.29, 0.717) is 12.3 Å². The zero-order chi connectivity index (χ0) is 12.2. The molecule has 1 aliphatic rings. The average molecular weight is 250 g/mol. The lowest BCUT2D eigenvalue weighted by Gasteiger charge is -2.36. The minimum absolute atomic E-state index is 0.0662. The molecule has 0 saturated carbocycles. The van der Waals surface area contributed by atoms with Gasteiger partial charge in [-0.2, -0.15) is 0 Å². The Morgan fingerprint density at radius 1 is 1.50 bits per heavy atom. The van der Waals surface area contributed by atoms with Crippen LogP contribution in [0.5, 0.6) is 0 Å². The number of ether oxygens (including phenoxy) is 1. The molecule has 1 heterocycles. The molecule has 2 unspecified atom stereocenters. The van der Waals surface area contributed by atoms with Crippen LogP contribution in [0.1, 0.15) is 19.8 Å². The molecule has 0 bridgehead atoms. The molecule has 0 aromatic rings. The Balaban J connectivity index is 2.28. The molecular weight excluding hydrogens is 228 g/mol. The highest BCUT2D eigenvalue weighted by Crippen LogP contribution is 2.19. The molecule has 5 nitrogen and oxygen atoms in total. The quantitative estimate of drug-likeness (QED) is 0.746. The Bertz CT molecular complexity index is 305. The van der Waals surface area contributed by atoms with Crippen molar-refractivity contribution in [1.82, 2.24) is 4.90 Å². The number of sulfonamides is 1. The molecule has 6 heteroatoms. The molecule has 1 fully saturated rings. The van der Waals surface area contributed by atoms with Crippen LogP contribution in [0.25, 0.3) is 0 Å². The summed E-state index contributed by atoms with van der Waals surface area (Å²) in [5, 5.41) is 4.96. The van der Waals surface area contributed by atoms with Crippen LogP contribution in [0.15, 0.2) is 0 Å². The van der Waals surface area contributed by atoms with Crippen molar-refractivity contribution in [1.29, 1.82) is 0 Å². The van der Waals surface area contributed by atoms with Crippen LogP contribution in [0.4, 0.5) is 0 Å². The van der Waals surface area contributed by atoms with Gasteiger partial charge in [0.05, 0.1) is 11.9 Å². The fourth-order valence-electron chi connectivity index (χ4n) is 2.10. The smallest absolute Gasteiger partial charge is 0.209 e. The van der Waals surface area contributed by atoms with E-state index in [-0.39, 0.29) is 11.9 Å². The van der Waals surface area contributed by atoms with Gasteiger partial charge >= 0.3 is 0 Å². The van der Waals surface area contributed by atoms with Gasteiger partial charge in [-0.3, -0.25) is 0 Å². The maximum Gasteiger partial charge on any atom is 0.209 e. The summed E-state index contributed by atoms with van der Waals surface area (Å²) in [4.78, 5) is 2.25. The Kier molecular flexibility index (Phi) is 5.17. The fourth-order valence-corrected chi connectivity index (χ4v) is 2.63. The third-order valence-corrected chi connectivity index (χ3v) is 4.04. The summed E-state index contributed by atoms with van der Waals surface area (Å²) in [6.07, 6.45) is 1.97. The van der Waals surface area contributed by atoms with Crippen molar-refractivity contribution in [2.75, 3.05) is 32.5 Å². The van der Waals surface area contributed by atoms with Gasteiger partial charge in [-0.1, -0.05) is 6.92 Å². The van der Waals surface area contributed by atoms with Crippen LogP contribution in [0.3, 0.4) is 0 Å². The highest BCUT2D eigenvalue weighted by molar-refractivity contribution is 7.89. The molecule has 16 heavy (non-hydrogen) atoms. The molecule has 2 N–H and O–H groups in total. The highest BCUT2D eigenvalue weighted by atomic mass is 32.2. The van der Waals surface area contributed by atoms with Gasteiger partial charge in [-0.05, 0) is 31.8 Å². The molecule has 0 aliphatic carbocycles. The molecule has 1 aliphatic heterocycles. The van der Waals surface area contributed by atoms with Crippen LogP contribution in [0, 0.1) is 5.92 Å². The number of rotatable bonds is 5. The number of likely N-dealkylation sites (tertiary alicyclic amines) is 1. The van der Waals surface area contributed by atoms with Crippen LogP contribution < -0.4 is 5.14 Å². The largest absolute Gasteiger partial charge is 0.380 e. The maximum atomic E-state index is 10.8. The second kappa shape index (κ2) is 5.95. The van der Waals surface area contributed by atoms with Crippen molar-refractivity contribution in [3.05, 3.63) is 0 Å². The topological polar surface area (TPSA) is 72.6 Å². The summed E-state index contributed by atoms with van der Waals surface area (Å²) in [5.74, 6) is 0.649. The second-order valence-electron chi connectivity index (χ2n) is 4.56. The van der Waals surface area contributed by atoms with Crippen LogP contribution in [-0.4, -0.2) is 51.9 Å². The first kappa shape index (κ1) is 13.9. The monoisotopic (exact) mass is 250 g/mol. The van der Waals surface area contributed by atoms with Crippen molar-refractivity contribution in [3.8, 4) is 0 Å². The van der Waals surface area contributed by atoms with Gasteiger partial charge in [-0.25, -0.2) is 13.6 Å². The Labute approximate surface area is 98.0 Å². The first-order chi connectivity index (χ1) is 7.42. The number of primary sulfonamides is 1. The van der Waals surface area contributed by atoms with E-state index in [4.69, 9.17) is 9.88 Å². The summed E-state index contributed by atoms with van der Waals surface area (Å²) in [6, 6.07) is 0. The number of nitrogens with two attached hydrogens (primary N) is 1. The Hall–Kier alpha value is -0.170. The lowest BCUT2D eigenvalue weighted by molar-refractivity contribution is -0.00469. The number of hydrogen-bond donors (Lipinski definition) is 1. The van der Waals surface area contributed by atoms with E-state index in [2.05, 4.69) is 11.8 Å². The van der Waals surface area contributed by atoms with E-state index in [1.807, 2.05) is 0 Å². The normalized spacial score (nSPS) is 28.2. The second-order valence-corrected chi connectivity index (χ2v) is 6.30. The number of nitrogens with zero attached hydrogens (tertiary/aromatic N) is 1. The third-order valence-electron chi connectivity index (χ3n) is 3.18. The van der Waals surface area contributed by atoms with Crippen molar-refractivity contribution in [2.24, 2.45) is 11.1 Å². The zero-order valence-electron chi connectivity index (χ0n) is 10.1. The zero-order valence-corrected chi connectivity index (χ0v) is 10.9. The van der Waals surface area contributed by atoms with E-state index >= 15 is 0 Å². The van der Waals surface area contributed by atoms with Gasteiger partial charge in [-0.15, -0.1) is 0 Å².